The molecular formula is C21H19F3N4. The third-order valence-electron chi connectivity index (χ3n) is 5.45. The molecule has 0 fully saturated rings. The third kappa shape index (κ3) is 3.37. The summed E-state index contributed by atoms with van der Waals surface area (Å²) in [5.41, 5.74) is 1.84. The number of nitrogens with zero attached hydrogens (tertiary/aromatic N) is 2. The highest BCUT2D eigenvalue weighted by Gasteiger charge is 2.41. The molecule has 2 atom stereocenters. The van der Waals surface area contributed by atoms with Gasteiger partial charge in [-0.2, -0.15) is 13.2 Å². The van der Waals surface area contributed by atoms with Crippen LogP contribution in [0.2, 0.25) is 0 Å². The van der Waals surface area contributed by atoms with Gasteiger partial charge in [-0.05, 0) is 68.2 Å². The van der Waals surface area contributed by atoms with Crippen LogP contribution in [0.15, 0.2) is 57.3 Å². The average Bonchev–Trinajstić information content (AvgIpc) is 3.38. The van der Waals surface area contributed by atoms with Crippen LogP contribution >= 0.6 is 0 Å². The van der Waals surface area contributed by atoms with Crippen molar-refractivity contribution in [3.05, 3.63) is 58.0 Å². The van der Waals surface area contributed by atoms with Crippen molar-refractivity contribution < 1.29 is 13.2 Å². The van der Waals surface area contributed by atoms with Gasteiger partial charge >= 0.3 is 6.18 Å². The molecule has 0 saturated carbocycles. The molecule has 2 N–H and O–H groups in total. The number of rotatable bonds is 0. The number of aromatic amines is 1. The van der Waals surface area contributed by atoms with E-state index in [0.29, 0.717) is 17.8 Å². The van der Waals surface area contributed by atoms with Gasteiger partial charge in [0.15, 0.2) is 0 Å². The van der Waals surface area contributed by atoms with E-state index in [1.807, 2.05) is 24.3 Å². The molecule has 5 heterocycles. The van der Waals surface area contributed by atoms with Crippen LogP contribution in [-0.2, 0) is 0 Å². The first-order valence-corrected chi connectivity index (χ1v) is 9.43. The van der Waals surface area contributed by atoms with Crippen LogP contribution < -0.4 is 16.0 Å². The molecule has 0 radical (unpaired) electrons. The first-order chi connectivity index (χ1) is 13.4. The molecule has 28 heavy (non-hydrogen) atoms. The minimum Gasteiger partial charge on any atom is -0.382 e. The van der Waals surface area contributed by atoms with Crippen LogP contribution in [0.3, 0.4) is 0 Å². The number of hydrogen-bond acceptors (Lipinski definition) is 3. The van der Waals surface area contributed by atoms with Crippen molar-refractivity contribution in [1.82, 2.24) is 10.3 Å². The van der Waals surface area contributed by atoms with Gasteiger partial charge in [-0.25, -0.2) is 4.99 Å². The van der Waals surface area contributed by atoms with Gasteiger partial charge in [0.05, 0.1) is 23.0 Å². The third-order valence-corrected chi connectivity index (χ3v) is 5.45. The maximum Gasteiger partial charge on any atom is 0.414 e. The molecule has 0 aliphatic carbocycles. The molecule has 1 aromatic rings. The minimum absolute atomic E-state index is 0.0281. The number of allylic oxidation sites excluding steroid dienone is 3. The van der Waals surface area contributed by atoms with Crippen LogP contribution in [-0.4, -0.2) is 34.7 Å². The Hall–Kier alpha value is -2.83. The van der Waals surface area contributed by atoms with E-state index in [1.54, 1.807) is 12.2 Å². The van der Waals surface area contributed by atoms with Gasteiger partial charge in [-0.15, -0.1) is 0 Å². The standard InChI is InChI=1S/C21H19F3N4/c22-21(23,24)19-10-18-9-16-4-3-14(26-16)7-12-1-2-13(25-12)8-15-5-6-17(27-15)11-20(19)28-18/h1-2,5-8,11,16,18,25,28H,3-4,9-10H2. The maximum absolute atomic E-state index is 13.6. The number of hydrogen-bond donors (Lipinski definition) is 2. The largest absolute Gasteiger partial charge is 0.414 e. The molecule has 144 valence electrons. The summed E-state index contributed by atoms with van der Waals surface area (Å²) in [5.74, 6) is 0. The number of nitrogens with one attached hydrogen (secondary N) is 2. The zero-order valence-corrected chi connectivity index (χ0v) is 15.1. The number of aliphatic imine (C=N–C) groups is 2. The van der Waals surface area contributed by atoms with E-state index in [-0.39, 0.29) is 24.2 Å². The average molecular weight is 384 g/mol. The Morgan fingerprint density at radius 3 is 2.68 bits per heavy atom. The molecule has 7 heteroatoms. The summed E-state index contributed by atoms with van der Waals surface area (Å²) in [6.07, 6.45) is 6.89. The SMILES string of the molecule is FC(F)(F)C1=C2C=C3C=CC(=N3)C=c3ccc([nH]3)=CC3=NC(CC3)CC(C1)N2. The van der Waals surface area contributed by atoms with Gasteiger partial charge in [0.2, 0.25) is 0 Å². The lowest BCUT2D eigenvalue weighted by molar-refractivity contribution is -0.0938. The number of aromatic nitrogens is 1. The summed E-state index contributed by atoms with van der Waals surface area (Å²) in [4.78, 5) is 12.5. The summed E-state index contributed by atoms with van der Waals surface area (Å²) in [7, 11) is 0. The van der Waals surface area contributed by atoms with Crippen LogP contribution in [0.5, 0.6) is 0 Å². The van der Waals surface area contributed by atoms with E-state index < -0.39 is 11.7 Å². The van der Waals surface area contributed by atoms with Gasteiger partial charge < -0.3 is 10.3 Å². The molecule has 0 spiro atoms. The number of halogens is 3. The second-order valence-electron chi connectivity index (χ2n) is 7.58. The van der Waals surface area contributed by atoms with Crippen LogP contribution in [0.4, 0.5) is 13.2 Å². The smallest absolute Gasteiger partial charge is 0.382 e. The second-order valence-corrected chi connectivity index (χ2v) is 7.58. The first kappa shape index (κ1) is 17.3. The summed E-state index contributed by atoms with van der Waals surface area (Å²) in [6, 6.07) is 3.75. The highest BCUT2D eigenvalue weighted by molar-refractivity contribution is 6.19. The molecule has 5 rings (SSSR count). The van der Waals surface area contributed by atoms with E-state index in [2.05, 4.69) is 15.3 Å². The molecule has 1 aromatic heterocycles. The predicted molar refractivity (Wildman–Crippen MR) is 103 cm³/mol. The van der Waals surface area contributed by atoms with E-state index in [9.17, 15) is 13.2 Å². The molecular weight excluding hydrogens is 365 g/mol. The van der Waals surface area contributed by atoms with E-state index in [4.69, 9.17) is 4.99 Å². The Labute approximate surface area is 159 Å². The highest BCUT2D eigenvalue weighted by atomic mass is 19.4. The maximum atomic E-state index is 13.6. The Balaban J connectivity index is 1.61. The van der Waals surface area contributed by atoms with E-state index in [1.165, 1.54) is 6.08 Å². The fraction of sp³-hybridized carbons (Fsp3) is 0.333. The van der Waals surface area contributed by atoms with Gasteiger partial charge in [0.1, 0.15) is 0 Å². The molecule has 0 amide bonds. The van der Waals surface area contributed by atoms with Crippen molar-refractivity contribution in [1.29, 1.82) is 0 Å². The van der Waals surface area contributed by atoms with Crippen LogP contribution in [0.25, 0.3) is 12.2 Å². The van der Waals surface area contributed by atoms with Crippen molar-refractivity contribution >= 4 is 23.6 Å². The Bertz CT molecular complexity index is 1100. The lowest BCUT2D eigenvalue weighted by Crippen LogP contribution is -2.26. The molecule has 0 saturated heterocycles. The normalized spacial score (nSPS) is 26.3. The molecule has 2 unspecified atom stereocenters. The Morgan fingerprint density at radius 2 is 1.86 bits per heavy atom. The van der Waals surface area contributed by atoms with Crippen molar-refractivity contribution in [2.45, 2.75) is 43.9 Å². The Morgan fingerprint density at radius 1 is 1.04 bits per heavy atom. The summed E-state index contributed by atoms with van der Waals surface area (Å²) in [6.45, 7) is 0. The van der Waals surface area contributed by atoms with Crippen molar-refractivity contribution in [3.63, 3.8) is 0 Å². The van der Waals surface area contributed by atoms with E-state index >= 15 is 0 Å². The van der Waals surface area contributed by atoms with Gasteiger partial charge in [0.25, 0.3) is 0 Å². The topological polar surface area (TPSA) is 52.5 Å². The zero-order chi connectivity index (χ0) is 19.3. The van der Waals surface area contributed by atoms with E-state index in [0.717, 1.165) is 29.3 Å². The quantitative estimate of drug-likeness (QED) is 0.710. The molecule has 4 aliphatic heterocycles. The monoisotopic (exact) mass is 384 g/mol. The summed E-state index contributed by atoms with van der Waals surface area (Å²) < 4.78 is 40.7. The number of alkyl halides is 3. The fourth-order valence-corrected chi connectivity index (χ4v) is 4.18. The van der Waals surface area contributed by atoms with Crippen LogP contribution in [0, 0.1) is 0 Å². The van der Waals surface area contributed by atoms with Gasteiger partial charge in [-0.3, -0.25) is 4.99 Å². The summed E-state index contributed by atoms with van der Waals surface area (Å²) in [5, 5.41) is 4.95. The van der Waals surface area contributed by atoms with Gasteiger partial charge in [-0.1, -0.05) is 0 Å². The highest BCUT2D eigenvalue weighted by Crippen LogP contribution is 2.37. The molecule has 4 nitrogen and oxygen atoms in total. The van der Waals surface area contributed by atoms with Crippen molar-refractivity contribution in [2.24, 2.45) is 9.98 Å². The lowest BCUT2D eigenvalue weighted by Gasteiger charge is -2.15. The number of fused-ring (bicyclic) bond motifs is 6. The van der Waals surface area contributed by atoms with Crippen LogP contribution in [0.1, 0.15) is 25.7 Å². The lowest BCUT2D eigenvalue weighted by atomic mass is 10.0. The summed E-state index contributed by atoms with van der Waals surface area (Å²) >= 11 is 0. The fourth-order valence-electron chi connectivity index (χ4n) is 4.18. The minimum atomic E-state index is -4.35. The van der Waals surface area contributed by atoms with Crippen molar-refractivity contribution in [3.8, 4) is 0 Å². The van der Waals surface area contributed by atoms with Gasteiger partial charge in [0, 0.05) is 28.1 Å². The second kappa shape index (κ2) is 6.36. The molecule has 8 bridgehead atoms. The predicted octanol–water partition coefficient (Wildman–Crippen LogP) is 2.66. The zero-order valence-electron chi connectivity index (χ0n) is 15.1. The Kier molecular flexibility index (Phi) is 3.92. The molecule has 0 aromatic carbocycles. The molecule has 4 aliphatic rings. The first-order valence-electron chi connectivity index (χ1n) is 9.43. The van der Waals surface area contributed by atoms with Crippen molar-refractivity contribution in [2.75, 3.05) is 0 Å². The number of H-pyrrole nitrogens is 1.